The van der Waals surface area contributed by atoms with Crippen LogP contribution in [-0.2, 0) is 14.6 Å². The number of hydrogen-bond donors (Lipinski definition) is 3. The van der Waals surface area contributed by atoms with Gasteiger partial charge in [0.15, 0.2) is 11.3 Å². The van der Waals surface area contributed by atoms with Crippen LogP contribution in [0.3, 0.4) is 0 Å². The van der Waals surface area contributed by atoms with Crippen molar-refractivity contribution in [3.8, 4) is 0 Å². The summed E-state index contributed by atoms with van der Waals surface area (Å²) in [5.41, 5.74) is 5.11. The number of carbonyl (C=O) groups excluding carboxylic acids is 1. The highest BCUT2D eigenvalue weighted by Gasteiger charge is 2.35. The molecule has 0 unspecified atom stereocenters. The van der Waals surface area contributed by atoms with Crippen molar-refractivity contribution in [3.05, 3.63) is 23.5 Å². The largest absolute Gasteiger partial charge is 0.444 e. The predicted molar refractivity (Wildman–Crippen MR) is 130 cm³/mol. The summed E-state index contributed by atoms with van der Waals surface area (Å²) in [6.07, 6.45) is 3.30. The molecule has 12 nitrogen and oxygen atoms in total. The van der Waals surface area contributed by atoms with Crippen LogP contribution < -0.4 is 16.0 Å². The first kappa shape index (κ1) is 24.9. The molecule has 1 aliphatic rings. The molecule has 1 amide bonds. The highest BCUT2D eigenvalue weighted by Crippen LogP contribution is 2.35. The van der Waals surface area contributed by atoms with Crippen LogP contribution >= 0.6 is 11.6 Å². The maximum absolute atomic E-state index is 13.3. The molecule has 14 heteroatoms. The normalized spacial score (nSPS) is 16.3. The van der Waals surface area contributed by atoms with Crippen molar-refractivity contribution in [3.63, 3.8) is 0 Å². The number of piperidine rings is 1. The molecule has 0 saturated carbocycles. The Morgan fingerprint density at radius 1 is 1.20 bits per heavy atom. The number of ether oxygens (including phenoxy) is 1. The maximum atomic E-state index is 13.3. The molecule has 35 heavy (non-hydrogen) atoms. The van der Waals surface area contributed by atoms with Crippen molar-refractivity contribution in [1.29, 1.82) is 0 Å². The summed E-state index contributed by atoms with van der Waals surface area (Å²) in [6, 6.07) is 1.27. The predicted octanol–water partition coefficient (Wildman–Crippen LogP) is 2.70. The monoisotopic (exact) mass is 522 g/mol. The summed E-state index contributed by atoms with van der Waals surface area (Å²) in [7, 11) is -4.10. The Bertz CT molecular complexity index is 1380. The second-order valence-corrected chi connectivity index (χ2v) is 11.9. The lowest BCUT2D eigenvalue weighted by atomic mass is 9.90. The van der Waals surface area contributed by atoms with Gasteiger partial charge in [-0.15, -0.1) is 0 Å². The Hall–Kier alpha value is -3.19. The number of sulfone groups is 1. The lowest BCUT2D eigenvalue weighted by molar-refractivity contribution is 0.0448. The van der Waals surface area contributed by atoms with Gasteiger partial charge in [-0.1, -0.05) is 11.6 Å². The van der Waals surface area contributed by atoms with E-state index in [2.05, 4.69) is 30.7 Å². The van der Waals surface area contributed by atoms with Crippen LogP contribution in [0.4, 0.5) is 16.4 Å². The average molecular weight is 523 g/mol. The van der Waals surface area contributed by atoms with Crippen LogP contribution in [-0.4, -0.2) is 64.1 Å². The lowest BCUT2D eigenvalue weighted by Crippen LogP contribution is -2.54. The second-order valence-electron chi connectivity index (χ2n) is 9.65. The van der Waals surface area contributed by atoms with E-state index in [1.807, 2.05) is 32.6 Å². The number of rotatable bonds is 4. The molecule has 0 bridgehead atoms. The molecule has 1 aliphatic heterocycles. The van der Waals surface area contributed by atoms with Crippen LogP contribution in [0.1, 0.15) is 40.5 Å². The third-order valence-electron chi connectivity index (χ3n) is 5.73. The zero-order valence-corrected chi connectivity index (χ0v) is 21.4. The molecule has 4 N–H and O–H groups in total. The molecule has 0 radical (unpaired) electrons. The van der Waals surface area contributed by atoms with Gasteiger partial charge in [-0.05, 0) is 46.6 Å². The summed E-state index contributed by atoms with van der Waals surface area (Å²) in [5, 5.41) is 13.5. The van der Waals surface area contributed by atoms with Gasteiger partial charge in [-0.3, -0.25) is 0 Å². The van der Waals surface area contributed by atoms with Gasteiger partial charge >= 0.3 is 6.09 Å². The van der Waals surface area contributed by atoms with Gasteiger partial charge in [0.05, 0.1) is 11.1 Å². The molecule has 0 spiro atoms. The van der Waals surface area contributed by atoms with Gasteiger partial charge in [0.1, 0.15) is 26.9 Å². The van der Waals surface area contributed by atoms with E-state index in [-0.39, 0.29) is 26.1 Å². The maximum Gasteiger partial charge on any atom is 0.408 e. The van der Waals surface area contributed by atoms with E-state index >= 15 is 0 Å². The van der Waals surface area contributed by atoms with Gasteiger partial charge in [0.2, 0.25) is 9.84 Å². The number of nitrogen functional groups attached to an aromatic ring is 1. The number of alkyl carbamates (subject to hydrolysis) is 1. The van der Waals surface area contributed by atoms with Crippen molar-refractivity contribution in [1.82, 2.24) is 30.7 Å². The minimum absolute atomic E-state index is 0.0925. The van der Waals surface area contributed by atoms with Gasteiger partial charge < -0.3 is 20.7 Å². The molecular weight excluding hydrogens is 496 g/mol. The first-order chi connectivity index (χ1) is 16.3. The molecule has 188 valence electrons. The van der Waals surface area contributed by atoms with Crippen LogP contribution in [0, 0.1) is 0 Å². The number of nitrogens with zero attached hydrogens (tertiary/aromatic N) is 5. The molecule has 3 aromatic rings. The van der Waals surface area contributed by atoms with Gasteiger partial charge in [-0.2, -0.15) is 15.4 Å². The van der Waals surface area contributed by atoms with Crippen LogP contribution in [0.25, 0.3) is 11.0 Å². The number of nitrogens with one attached hydrogen (secondary N) is 2. The van der Waals surface area contributed by atoms with Gasteiger partial charge in [-0.25, -0.2) is 23.2 Å². The molecule has 0 atom stereocenters. The molecule has 1 fully saturated rings. The summed E-state index contributed by atoms with van der Waals surface area (Å²) >= 11 is 6.13. The number of fused-ring (bicyclic) bond motifs is 1. The Morgan fingerprint density at radius 2 is 1.86 bits per heavy atom. The standard InChI is InChI=1S/C21H27ClN8O4S/c1-20(2,3)34-19(31)26-21(4)6-9-30(10-7-21)18-16-15(27-29-28-16)13(11-25-18)35(32,33)12-5-8-24-17(23)14(12)22/h5,8,11H,6-7,9-10H2,1-4H3,(H2,23,24)(H,26,31)(H,27,28,29). The quantitative estimate of drug-likeness (QED) is 0.463. The van der Waals surface area contributed by atoms with E-state index in [4.69, 9.17) is 22.1 Å². The fraction of sp³-hybridized carbons (Fsp3) is 0.476. The van der Waals surface area contributed by atoms with Crippen LogP contribution in [0.15, 0.2) is 28.3 Å². The number of nitrogens with two attached hydrogens (primary N) is 1. The lowest BCUT2D eigenvalue weighted by Gasteiger charge is -2.40. The van der Waals surface area contributed by atoms with E-state index < -0.39 is 27.1 Å². The summed E-state index contributed by atoms with van der Waals surface area (Å²) < 4.78 is 32.1. The molecule has 1 saturated heterocycles. The number of aromatic amines is 1. The number of amides is 1. The topological polar surface area (TPSA) is 169 Å². The molecule has 0 aromatic carbocycles. The van der Waals surface area contributed by atoms with E-state index in [9.17, 15) is 13.2 Å². The van der Waals surface area contributed by atoms with Gasteiger partial charge in [0.25, 0.3) is 0 Å². The molecule has 4 heterocycles. The van der Waals surface area contributed by atoms with Gasteiger partial charge in [0, 0.05) is 24.8 Å². The molecular formula is C21H27ClN8O4S. The third kappa shape index (κ3) is 4.96. The van der Waals surface area contributed by atoms with E-state index in [1.54, 1.807) is 0 Å². The number of aromatic nitrogens is 5. The van der Waals surface area contributed by atoms with Crippen molar-refractivity contribution in [2.45, 2.75) is 61.5 Å². The van der Waals surface area contributed by atoms with Crippen molar-refractivity contribution in [2.24, 2.45) is 0 Å². The Kier molecular flexibility index (Phi) is 6.26. The van der Waals surface area contributed by atoms with E-state index in [0.717, 1.165) is 0 Å². The molecule has 4 rings (SSSR count). The smallest absolute Gasteiger partial charge is 0.408 e. The number of anilines is 2. The zero-order chi connectivity index (χ0) is 25.6. The first-order valence-electron chi connectivity index (χ1n) is 10.9. The summed E-state index contributed by atoms with van der Waals surface area (Å²) in [5.74, 6) is 0.400. The van der Waals surface area contributed by atoms with E-state index in [1.165, 1.54) is 18.5 Å². The zero-order valence-electron chi connectivity index (χ0n) is 19.8. The van der Waals surface area contributed by atoms with Crippen LogP contribution in [0.2, 0.25) is 5.02 Å². The fourth-order valence-corrected chi connectivity index (χ4v) is 5.71. The van der Waals surface area contributed by atoms with Crippen molar-refractivity contribution < 1.29 is 17.9 Å². The second kappa shape index (κ2) is 8.79. The first-order valence-corrected chi connectivity index (χ1v) is 12.8. The Morgan fingerprint density at radius 3 is 2.51 bits per heavy atom. The minimum atomic E-state index is -4.10. The number of carbonyl (C=O) groups is 1. The number of H-pyrrole nitrogens is 1. The molecule has 3 aromatic heterocycles. The third-order valence-corrected chi connectivity index (χ3v) is 8.03. The van der Waals surface area contributed by atoms with E-state index in [0.29, 0.717) is 37.3 Å². The average Bonchev–Trinajstić information content (AvgIpc) is 3.23. The summed E-state index contributed by atoms with van der Waals surface area (Å²) in [4.78, 5) is 22.1. The fourth-order valence-electron chi connectivity index (χ4n) is 3.88. The minimum Gasteiger partial charge on any atom is -0.444 e. The number of halogens is 1. The van der Waals surface area contributed by atoms with Crippen molar-refractivity contribution >= 4 is 50.2 Å². The highest BCUT2D eigenvalue weighted by molar-refractivity contribution is 7.91. The SMILES string of the molecule is CC1(NC(=O)OC(C)(C)C)CCN(c2ncc(S(=O)(=O)c3ccnc(N)c3Cl)c3n[nH]nc23)CC1. The summed E-state index contributed by atoms with van der Waals surface area (Å²) in [6.45, 7) is 8.52. The Labute approximate surface area is 207 Å². The van der Waals surface area contributed by atoms with Crippen molar-refractivity contribution in [2.75, 3.05) is 23.7 Å². The van der Waals surface area contributed by atoms with Crippen LogP contribution in [0.5, 0.6) is 0 Å². The highest BCUT2D eigenvalue weighted by atomic mass is 35.5. The number of hydrogen-bond acceptors (Lipinski definition) is 10. The Balaban J connectivity index is 1.59. The molecule has 0 aliphatic carbocycles. The number of pyridine rings is 2.